The van der Waals surface area contributed by atoms with Crippen LogP contribution in [0.5, 0.6) is 0 Å². The minimum atomic E-state index is 0. The third-order valence-corrected chi connectivity index (χ3v) is 4.82. The first kappa shape index (κ1) is 30.8. The molecule has 2 rings (SSSR count). The number of nitrogens with two attached hydrogens (primary N) is 4. The zero-order valence-electron chi connectivity index (χ0n) is 21.4. The van der Waals surface area contributed by atoms with Crippen molar-refractivity contribution in [2.24, 2.45) is 42.9 Å². The summed E-state index contributed by atoms with van der Waals surface area (Å²) in [5.41, 5.74) is 24.8. The molecule has 35 heavy (non-hydrogen) atoms. The van der Waals surface area contributed by atoms with E-state index in [4.69, 9.17) is 46.1 Å². The summed E-state index contributed by atoms with van der Waals surface area (Å²) in [6.45, 7) is 1.12. The van der Waals surface area contributed by atoms with Crippen molar-refractivity contribution in [3.63, 3.8) is 0 Å². The van der Waals surface area contributed by atoms with E-state index in [2.05, 4.69) is 30.6 Å². The Kier molecular flexibility index (Phi) is 15.2. The van der Waals surface area contributed by atoms with Crippen molar-refractivity contribution in [2.45, 2.75) is 25.7 Å². The van der Waals surface area contributed by atoms with Gasteiger partial charge in [-0.25, -0.2) is 0 Å². The topological polar surface area (TPSA) is 178 Å². The van der Waals surface area contributed by atoms with E-state index >= 15 is 0 Å². The number of guanidine groups is 4. The summed E-state index contributed by atoms with van der Waals surface area (Å²) < 4.78 is 0. The fourth-order valence-corrected chi connectivity index (χ4v) is 2.95. The van der Waals surface area contributed by atoms with Crippen LogP contribution in [0.1, 0.15) is 28.5 Å². The van der Waals surface area contributed by atoms with Gasteiger partial charge in [0.05, 0.1) is 0 Å². The molecule has 2 aromatic carbocycles. The van der Waals surface area contributed by atoms with Crippen molar-refractivity contribution < 1.29 is 2.85 Å². The summed E-state index contributed by atoms with van der Waals surface area (Å²) in [5.74, 6) is 0.564. The zero-order valence-corrected chi connectivity index (χ0v) is 23.1. The van der Waals surface area contributed by atoms with Crippen molar-refractivity contribution in [2.75, 3.05) is 23.7 Å². The van der Waals surface area contributed by atoms with Crippen LogP contribution in [0.3, 0.4) is 0 Å². The predicted octanol–water partition coefficient (Wildman–Crippen LogP) is 3.18. The molecule has 0 spiro atoms. The molecule has 2 aromatic rings. The molecule has 0 aromatic heterocycles. The Morgan fingerprint density at radius 2 is 0.971 bits per heavy atom. The molecular formula is C22H32CaCl2N10. The summed E-state index contributed by atoms with van der Waals surface area (Å²) in [6, 6.07) is 14.1. The number of hydrogen-bond acceptors (Lipinski definition) is 2. The fourth-order valence-electron chi connectivity index (χ4n) is 2.70. The standard InChI is InChI=1S/C22H30Cl2N10.Ca.2H/c23-15-5-9-17(10-6-15)31-21(27)33-19(25)29-13-3-1-2-4-14-30-20(26)34-22(28)32-18-11-7-16(24)8-12-18;;;/h5-12H,1-4,13-14H2,(H5,25,27,29,31,33)(H5,26,28,30,32,34);;;/q;+2;2*-1. The van der Waals surface area contributed by atoms with Gasteiger partial charge in [-0.15, -0.1) is 0 Å². The molecular weight excluding hydrogens is 515 g/mol. The molecule has 0 aliphatic rings. The van der Waals surface area contributed by atoms with Crippen LogP contribution in [0, 0.1) is 0 Å². The van der Waals surface area contributed by atoms with Gasteiger partial charge in [0.15, 0.2) is 0 Å². The second kappa shape index (κ2) is 17.2. The van der Waals surface area contributed by atoms with Crippen LogP contribution in [0.4, 0.5) is 11.4 Å². The van der Waals surface area contributed by atoms with Crippen LogP contribution >= 0.6 is 23.2 Å². The molecule has 0 saturated carbocycles. The van der Waals surface area contributed by atoms with E-state index in [9.17, 15) is 0 Å². The monoisotopic (exact) mass is 546 g/mol. The Balaban J connectivity index is 0. The second-order valence-corrected chi connectivity index (χ2v) is 8.02. The first-order chi connectivity index (χ1) is 16.3. The quantitative estimate of drug-likeness (QED) is 0.121. The number of halogens is 2. The molecule has 0 bridgehead atoms. The maximum absolute atomic E-state index is 5.85. The minimum Gasteiger partial charge on any atom is -1.00 e. The van der Waals surface area contributed by atoms with Gasteiger partial charge in [0.25, 0.3) is 0 Å². The van der Waals surface area contributed by atoms with Crippen molar-refractivity contribution in [1.82, 2.24) is 0 Å². The molecule has 0 saturated heterocycles. The predicted molar refractivity (Wildman–Crippen MR) is 153 cm³/mol. The number of rotatable bonds is 9. The molecule has 0 unspecified atom stereocenters. The van der Waals surface area contributed by atoms with Crippen molar-refractivity contribution >= 4 is 96.2 Å². The van der Waals surface area contributed by atoms with Crippen LogP contribution in [-0.2, 0) is 0 Å². The third-order valence-electron chi connectivity index (χ3n) is 4.32. The molecule has 0 heterocycles. The van der Waals surface area contributed by atoms with Gasteiger partial charge in [0, 0.05) is 34.5 Å². The van der Waals surface area contributed by atoms with E-state index < -0.39 is 0 Å². The molecule has 10 N–H and O–H groups in total. The summed E-state index contributed by atoms with van der Waals surface area (Å²) in [6.07, 6.45) is 3.68. The smallest absolute Gasteiger partial charge is 1.00 e. The van der Waals surface area contributed by atoms with Gasteiger partial charge in [-0.2, -0.15) is 9.98 Å². The largest absolute Gasteiger partial charge is 2.00 e. The van der Waals surface area contributed by atoms with Crippen LogP contribution in [-0.4, -0.2) is 74.7 Å². The van der Waals surface area contributed by atoms with Gasteiger partial charge in [-0.1, -0.05) is 36.0 Å². The third kappa shape index (κ3) is 14.0. The van der Waals surface area contributed by atoms with Crippen molar-refractivity contribution in [3.8, 4) is 0 Å². The summed E-state index contributed by atoms with van der Waals surface area (Å²) >= 11 is 11.7. The number of benzene rings is 2. The van der Waals surface area contributed by atoms with Gasteiger partial charge >= 0.3 is 37.7 Å². The van der Waals surface area contributed by atoms with Gasteiger partial charge in [-0.05, 0) is 61.4 Å². The average Bonchev–Trinajstić information content (AvgIpc) is 2.78. The molecule has 10 nitrogen and oxygen atoms in total. The minimum absolute atomic E-state index is 0. The normalized spacial score (nSPS) is 12.7. The number of nitrogens with one attached hydrogen (secondary N) is 2. The van der Waals surface area contributed by atoms with Crippen molar-refractivity contribution in [3.05, 3.63) is 58.6 Å². The molecule has 0 fully saturated rings. The Hall–Kier alpha value is -2.24. The Bertz CT molecular complexity index is 949. The van der Waals surface area contributed by atoms with Crippen LogP contribution in [0.25, 0.3) is 0 Å². The van der Waals surface area contributed by atoms with E-state index in [0.717, 1.165) is 37.1 Å². The SMILES string of the molecule is NC(=NCCCCCCN=C(N)N=C(N)Nc1ccc(Cl)cc1)N=C(N)Nc1ccc(Cl)cc1.[Ca+2].[H-].[H-]. The Morgan fingerprint density at radius 1 is 0.629 bits per heavy atom. The molecule has 0 aliphatic heterocycles. The zero-order chi connectivity index (χ0) is 24.8. The van der Waals surface area contributed by atoms with Crippen LogP contribution < -0.4 is 33.6 Å². The van der Waals surface area contributed by atoms with Gasteiger partial charge in [0.1, 0.15) is 0 Å². The number of unbranched alkanes of at least 4 members (excludes halogenated alkanes) is 3. The molecule has 0 radical (unpaired) electrons. The van der Waals surface area contributed by atoms with Gasteiger partial charge in [-0.3, -0.25) is 9.98 Å². The van der Waals surface area contributed by atoms with Crippen LogP contribution in [0.15, 0.2) is 68.5 Å². The van der Waals surface area contributed by atoms with E-state index in [1.807, 2.05) is 0 Å². The van der Waals surface area contributed by atoms with Crippen LogP contribution in [0.2, 0.25) is 10.0 Å². The molecule has 0 atom stereocenters. The Labute approximate surface area is 248 Å². The maximum Gasteiger partial charge on any atom is 2.00 e. The second-order valence-electron chi connectivity index (χ2n) is 7.15. The van der Waals surface area contributed by atoms with E-state index in [-0.39, 0.29) is 64.4 Å². The first-order valence-electron chi connectivity index (χ1n) is 10.6. The molecule has 186 valence electrons. The van der Waals surface area contributed by atoms with Crippen molar-refractivity contribution in [1.29, 1.82) is 0 Å². The van der Waals surface area contributed by atoms with Gasteiger partial charge < -0.3 is 36.4 Å². The van der Waals surface area contributed by atoms with E-state index in [0.29, 0.717) is 23.1 Å². The number of hydrogen-bond donors (Lipinski definition) is 6. The first-order valence-corrected chi connectivity index (χ1v) is 11.4. The molecule has 0 aliphatic carbocycles. The summed E-state index contributed by atoms with van der Waals surface area (Å²) in [7, 11) is 0. The Morgan fingerprint density at radius 3 is 1.31 bits per heavy atom. The van der Waals surface area contributed by atoms with Gasteiger partial charge in [0.2, 0.25) is 23.8 Å². The van der Waals surface area contributed by atoms with E-state index in [1.165, 1.54) is 0 Å². The number of aliphatic imine (C=N–C) groups is 4. The number of nitrogens with zero attached hydrogens (tertiary/aromatic N) is 4. The fraction of sp³-hybridized carbons (Fsp3) is 0.273. The molecule has 0 amide bonds. The van der Waals surface area contributed by atoms with E-state index in [1.54, 1.807) is 48.5 Å². The average molecular weight is 548 g/mol. The molecule has 13 heteroatoms. The summed E-state index contributed by atoms with van der Waals surface area (Å²) in [5, 5.41) is 7.11. The summed E-state index contributed by atoms with van der Waals surface area (Å²) in [4.78, 5) is 16.5. The maximum atomic E-state index is 5.85. The number of anilines is 2.